The van der Waals surface area contributed by atoms with E-state index >= 15 is 0 Å². The molecule has 0 N–H and O–H groups in total. The Morgan fingerprint density at radius 2 is 1.70 bits per heavy atom. The number of anilines is 1. The van der Waals surface area contributed by atoms with Crippen LogP contribution in [0.4, 0.5) is 5.95 Å². The van der Waals surface area contributed by atoms with Crippen molar-refractivity contribution in [3.8, 4) is 5.75 Å². The molecule has 0 aliphatic carbocycles. The molecular weight excluding hydrogens is 364 g/mol. The van der Waals surface area contributed by atoms with Gasteiger partial charge in [-0.1, -0.05) is 35.9 Å². The van der Waals surface area contributed by atoms with Crippen molar-refractivity contribution >= 4 is 23.5 Å². The van der Waals surface area contributed by atoms with Crippen molar-refractivity contribution in [2.24, 2.45) is 0 Å². The van der Waals surface area contributed by atoms with Crippen molar-refractivity contribution in [3.63, 3.8) is 0 Å². The summed E-state index contributed by atoms with van der Waals surface area (Å²) in [6.45, 7) is 1.55. The molecule has 0 bridgehead atoms. The quantitative estimate of drug-likeness (QED) is 0.686. The number of nitrogens with zero attached hydrogens (tertiary/aromatic N) is 4. The van der Waals surface area contributed by atoms with E-state index in [1.807, 2.05) is 53.2 Å². The third-order valence-corrected chi connectivity index (χ3v) is 5.17. The molecular formula is C20H19ClN4O2. The van der Waals surface area contributed by atoms with Gasteiger partial charge in [-0.25, -0.2) is 4.68 Å². The van der Waals surface area contributed by atoms with Gasteiger partial charge in [0.1, 0.15) is 12.1 Å². The van der Waals surface area contributed by atoms with E-state index in [1.54, 1.807) is 18.9 Å². The smallest absolute Gasteiger partial charge is 0.231 e. The molecule has 2 atom stereocenters. The van der Waals surface area contributed by atoms with Crippen molar-refractivity contribution < 1.29 is 9.53 Å². The number of rotatable bonds is 3. The van der Waals surface area contributed by atoms with Crippen molar-refractivity contribution in [3.05, 3.63) is 71.0 Å². The highest BCUT2D eigenvalue weighted by atomic mass is 35.5. The third-order valence-electron chi connectivity index (χ3n) is 4.92. The molecule has 27 heavy (non-hydrogen) atoms. The SMILES string of the molecule is COc1ccc([C@@H]2C[C@H](c3ccc(Cl)cc3)n3ncnc3N2C(C)=O)cc1. The third kappa shape index (κ3) is 3.17. The van der Waals surface area contributed by atoms with Crippen LogP contribution in [-0.4, -0.2) is 27.8 Å². The molecule has 1 aromatic heterocycles. The maximum atomic E-state index is 12.5. The second kappa shape index (κ2) is 7.04. The summed E-state index contributed by atoms with van der Waals surface area (Å²) in [7, 11) is 1.64. The zero-order valence-electron chi connectivity index (χ0n) is 15.0. The highest BCUT2D eigenvalue weighted by Gasteiger charge is 2.38. The first-order chi connectivity index (χ1) is 13.1. The fourth-order valence-corrected chi connectivity index (χ4v) is 3.75. The van der Waals surface area contributed by atoms with E-state index in [-0.39, 0.29) is 18.0 Å². The number of hydrogen-bond donors (Lipinski definition) is 0. The van der Waals surface area contributed by atoms with E-state index < -0.39 is 0 Å². The van der Waals surface area contributed by atoms with E-state index in [0.717, 1.165) is 16.9 Å². The molecule has 0 unspecified atom stereocenters. The van der Waals surface area contributed by atoms with Crippen LogP contribution in [0.5, 0.6) is 5.75 Å². The van der Waals surface area contributed by atoms with E-state index in [4.69, 9.17) is 16.3 Å². The summed E-state index contributed by atoms with van der Waals surface area (Å²) in [5, 5.41) is 5.07. The number of fused-ring (bicyclic) bond motifs is 1. The molecule has 138 valence electrons. The maximum absolute atomic E-state index is 12.5. The lowest BCUT2D eigenvalue weighted by Crippen LogP contribution is -2.41. The first-order valence-corrected chi connectivity index (χ1v) is 9.05. The molecule has 4 rings (SSSR count). The molecule has 0 saturated heterocycles. The topological polar surface area (TPSA) is 60.2 Å². The van der Waals surface area contributed by atoms with Gasteiger partial charge in [-0.3, -0.25) is 9.69 Å². The van der Waals surface area contributed by atoms with Gasteiger partial charge in [0, 0.05) is 11.9 Å². The van der Waals surface area contributed by atoms with Crippen molar-refractivity contribution in [2.75, 3.05) is 12.0 Å². The van der Waals surface area contributed by atoms with E-state index in [1.165, 1.54) is 6.33 Å². The minimum absolute atomic E-state index is 0.0394. The standard InChI is InChI=1S/C20H19ClN4O2/c1-13(26)24-18(14-5-9-17(27-2)10-6-14)11-19(25-20(24)22-12-23-25)15-3-7-16(21)8-4-15/h3-10,12,18-19H,11H2,1-2H3/t18-,19+/m0/s1. The van der Waals surface area contributed by atoms with Gasteiger partial charge in [0.05, 0.1) is 19.2 Å². The van der Waals surface area contributed by atoms with Crippen LogP contribution >= 0.6 is 11.6 Å². The molecule has 1 aliphatic heterocycles. The van der Waals surface area contributed by atoms with Crippen LogP contribution in [0.3, 0.4) is 0 Å². The largest absolute Gasteiger partial charge is 0.497 e. The first-order valence-electron chi connectivity index (χ1n) is 8.67. The Morgan fingerprint density at radius 3 is 2.33 bits per heavy atom. The molecule has 0 fully saturated rings. The number of carbonyl (C=O) groups excluding carboxylic acids is 1. The number of carbonyl (C=O) groups is 1. The Kier molecular flexibility index (Phi) is 4.58. The van der Waals surface area contributed by atoms with Gasteiger partial charge in [0.25, 0.3) is 0 Å². The van der Waals surface area contributed by atoms with Crippen molar-refractivity contribution in [1.82, 2.24) is 14.8 Å². The predicted molar refractivity (Wildman–Crippen MR) is 103 cm³/mol. The Hall–Kier alpha value is -2.86. The summed E-state index contributed by atoms with van der Waals surface area (Å²) in [4.78, 5) is 18.5. The zero-order chi connectivity index (χ0) is 19.0. The number of aromatic nitrogens is 3. The normalized spacial score (nSPS) is 18.9. The second-order valence-electron chi connectivity index (χ2n) is 6.49. The molecule has 6 nitrogen and oxygen atoms in total. The zero-order valence-corrected chi connectivity index (χ0v) is 15.8. The van der Waals surface area contributed by atoms with Crippen LogP contribution in [0, 0.1) is 0 Å². The lowest BCUT2D eigenvalue weighted by molar-refractivity contribution is -0.117. The van der Waals surface area contributed by atoms with Gasteiger partial charge in [0.15, 0.2) is 0 Å². The molecule has 0 saturated carbocycles. The highest BCUT2D eigenvalue weighted by molar-refractivity contribution is 6.30. The highest BCUT2D eigenvalue weighted by Crippen LogP contribution is 2.42. The summed E-state index contributed by atoms with van der Waals surface area (Å²) in [6, 6.07) is 15.3. The van der Waals surface area contributed by atoms with Crippen molar-refractivity contribution in [2.45, 2.75) is 25.4 Å². The summed E-state index contributed by atoms with van der Waals surface area (Å²) >= 11 is 6.05. The van der Waals surface area contributed by atoms with Crippen molar-refractivity contribution in [1.29, 1.82) is 0 Å². The maximum Gasteiger partial charge on any atom is 0.231 e. The minimum atomic E-state index is -0.147. The second-order valence-corrected chi connectivity index (χ2v) is 6.92. The van der Waals surface area contributed by atoms with Gasteiger partial charge in [-0.2, -0.15) is 10.1 Å². The van der Waals surface area contributed by atoms with E-state index in [2.05, 4.69) is 10.1 Å². The summed E-state index contributed by atoms with van der Waals surface area (Å²) in [5.41, 5.74) is 2.10. The Labute approximate surface area is 162 Å². The number of methoxy groups -OCH3 is 1. The summed E-state index contributed by atoms with van der Waals surface area (Å²) in [6.07, 6.45) is 2.18. The molecule has 1 aliphatic rings. The van der Waals surface area contributed by atoms with Gasteiger partial charge in [-0.05, 0) is 41.8 Å². The molecule has 1 amide bonds. The molecule has 2 aromatic carbocycles. The number of hydrogen-bond acceptors (Lipinski definition) is 4. The molecule has 0 spiro atoms. The van der Waals surface area contributed by atoms with Crippen LogP contribution in [0.25, 0.3) is 0 Å². The van der Waals surface area contributed by atoms with Gasteiger partial charge < -0.3 is 4.74 Å². The van der Waals surface area contributed by atoms with Gasteiger partial charge in [-0.15, -0.1) is 0 Å². The number of ether oxygens (including phenoxy) is 1. The van der Waals surface area contributed by atoms with Crippen LogP contribution in [0.1, 0.15) is 36.6 Å². The first kappa shape index (κ1) is 17.5. The monoisotopic (exact) mass is 382 g/mol. The number of amides is 1. The summed E-state index contributed by atoms with van der Waals surface area (Å²) < 4.78 is 7.07. The predicted octanol–water partition coefficient (Wildman–Crippen LogP) is 4.03. The Bertz CT molecular complexity index is 953. The fraction of sp³-hybridized carbons (Fsp3) is 0.250. The van der Waals surface area contributed by atoms with Crippen LogP contribution in [0.15, 0.2) is 54.9 Å². The lowest BCUT2D eigenvalue weighted by Gasteiger charge is -2.38. The van der Waals surface area contributed by atoms with Gasteiger partial charge in [0.2, 0.25) is 11.9 Å². The fourth-order valence-electron chi connectivity index (χ4n) is 3.63. The number of benzene rings is 2. The molecule has 0 radical (unpaired) electrons. The average Bonchev–Trinajstić information content (AvgIpc) is 3.17. The van der Waals surface area contributed by atoms with Crippen LogP contribution in [0.2, 0.25) is 5.02 Å². The Morgan fingerprint density at radius 1 is 1.07 bits per heavy atom. The summed E-state index contributed by atoms with van der Waals surface area (Å²) in [5.74, 6) is 1.26. The van der Waals surface area contributed by atoms with Crippen LogP contribution in [-0.2, 0) is 4.79 Å². The van der Waals surface area contributed by atoms with E-state index in [0.29, 0.717) is 17.4 Å². The van der Waals surface area contributed by atoms with Crippen LogP contribution < -0.4 is 9.64 Å². The average molecular weight is 383 g/mol. The minimum Gasteiger partial charge on any atom is -0.497 e. The molecule has 2 heterocycles. The Balaban J connectivity index is 1.80. The molecule has 3 aromatic rings. The van der Waals surface area contributed by atoms with Gasteiger partial charge >= 0.3 is 0 Å². The number of halogens is 1. The molecule has 7 heteroatoms. The lowest BCUT2D eigenvalue weighted by atomic mass is 9.92. The van der Waals surface area contributed by atoms with E-state index in [9.17, 15) is 4.79 Å².